The van der Waals surface area contributed by atoms with E-state index in [1.807, 2.05) is 31.2 Å². The van der Waals surface area contributed by atoms with Crippen molar-refractivity contribution in [1.82, 2.24) is 0 Å². The molecule has 0 saturated heterocycles. The molecule has 1 aliphatic rings. The summed E-state index contributed by atoms with van der Waals surface area (Å²) in [4.78, 5) is 22.5. The van der Waals surface area contributed by atoms with Crippen molar-refractivity contribution in [3.63, 3.8) is 0 Å². The summed E-state index contributed by atoms with van der Waals surface area (Å²) in [5.74, 6) is -0.0133. The van der Waals surface area contributed by atoms with E-state index in [1.165, 1.54) is 12.1 Å². The van der Waals surface area contributed by atoms with Gasteiger partial charge in [-0.1, -0.05) is 34.1 Å². The maximum atomic E-state index is 12.1. The number of carbonyl (C=O) groups excluding carboxylic acids is 1. The van der Waals surface area contributed by atoms with Gasteiger partial charge in [-0.25, -0.2) is 4.79 Å². The molecule has 0 amide bonds. The van der Waals surface area contributed by atoms with Gasteiger partial charge in [0.05, 0.1) is 10.5 Å². The van der Waals surface area contributed by atoms with E-state index < -0.39 is 10.9 Å². The van der Waals surface area contributed by atoms with Crippen molar-refractivity contribution < 1.29 is 14.5 Å². The molecule has 0 unspecified atom stereocenters. The molecule has 0 atom stereocenters. The molecule has 2 aromatic carbocycles. The number of nitro groups is 1. The molecule has 0 aromatic heterocycles. The number of hydrogen-bond donors (Lipinski definition) is 0. The Bertz CT molecular complexity index is 898. The number of esters is 1. The summed E-state index contributed by atoms with van der Waals surface area (Å²) < 4.78 is 6.22. The molecule has 120 valence electrons. The van der Waals surface area contributed by atoms with E-state index in [2.05, 4.69) is 15.9 Å². The summed E-state index contributed by atoms with van der Waals surface area (Å²) in [7, 11) is 0. The second-order valence-electron chi connectivity index (χ2n) is 5.30. The first-order chi connectivity index (χ1) is 11.4. The molecule has 0 bridgehead atoms. The van der Waals surface area contributed by atoms with Gasteiger partial charge in [-0.2, -0.15) is 0 Å². The van der Waals surface area contributed by atoms with E-state index in [9.17, 15) is 14.9 Å². The van der Waals surface area contributed by atoms with Crippen molar-refractivity contribution >= 4 is 39.4 Å². The maximum Gasteiger partial charge on any atom is 0.343 e. The van der Waals surface area contributed by atoms with Gasteiger partial charge in [0, 0.05) is 22.2 Å². The second kappa shape index (κ2) is 6.41. The van der Waals surface area contributed by atoms with Crippen LogP contribution in [0.5, 0.6) is 0 Å². The van der Waals surface area contributed by atoms with Gasteiger partial charge in [-0.15, -0.1) is 0 Å². The number of aryl methyl sites for hydroxylation is 1. The average Bonchev–Trinajstić information content (AvgIpc) is 2.91. The predicted octanol–water partition coefficient (Wildman–Crippen LogP) is 4.65. The highest BCUT2D eigenvalue weighted by atomic mass is 79.9. The number of rotatable bonds is 3. The highest BCUT2D eigenvalue weighted by molar-refractivity contribution is 9.10. The number of non-ortho nitro benzene ring substituents is 1. The van der Waals surface area contributed by atoms with Gasteiger partial charge in [0.15, 0.2) is 0 Å². The fourth-order valence-electron chi connectivity index (χ4n) is 2.31. The number of benzene rings is 2. The number of hydrogen-bond acceptors (Lipinski definition) is 4. The van der Waals surface area contributed by atoms with Crippen molar-refractivity contribution in [2.24, 2.45) is 0 Å². The summed E-state index contributed by atoms with van der Waals surface area (Å²) in [6.07, 6.45) is 3.25. The molecule has 3 rings (SSSR count). The van der Waals surface area contributed by atoms with Gasteiger partial charge in [-0.05, 0) is 42.3 Å². The van der Waals surface area contributed by atoms with Crippen LogP contribution in [0.3, 0.4) is 0 Å². The summed E-state index contributed by atoms with van der Waals surface area (Å²) in [6.45, 7) is 1.83. The zero-order valence-corrected chi connectivity index (χ0v) is 14.2. The van der Waals surface area contributed by atoms with Crippen LogP contribution in [0.1, 0.15) is 16.7 Å². The van der Waals surface area contributed by atoms with Crippen LogP contribution in [0.15, 0.2) is 58.6 Å². The van der Waals surface area contributed by atoms with Crippen LogP contribution in [0.25, 0.3) is 11.8 Å². The molecule has 2 aromatic rings. The molecule has 5 nitrogen and oxygen atoms in total. The molecule has 1 heterocycles. The lowest BCUT2D eigenvalue weighted by molar-refractivity contribution is -0.384. The number of nitro benzene ring substituents is 1. The maximum absolute atomic E-state index is 12.1. The summed E-state index contributed by atoms with van der Waals surface area (Å²) in [6, 6.07) is 11.9. The van der Waals surface area contributed by atoms with Crippen molar-refractivity contribution in [2.45, 2.75) is 6.92 Å². The summed E-state index contributed by atoms with van der Waals surface area (Å²) in [5.41, 5.74) is 2.58. The molecule has 6 heteroatoms. The molecule has 0 saturated carbocycles. The third-order valence-corrected chi connectivity index (χ3v) is 4.17. The fraction of sp³-hybridized carbons (Fsp3) is 0.0556. The first kappa shape index (κ1) is 16.1. The predicted molar refractivity (Wildman–Crippen MR) is 94.0 cm³/mol. The van der Waals surface area contributed by atoms with E-state index in [0.717, 1.165) is 15.6 Å². The highest BCUT2D eigenvalue weighted by Crippen LogP contribution is 2.29. The van der Waals surface area contributed by atoms with Crippen LogP contribution in [0.4, 0.5) is 5.69 Å². The average molecular weight is 386 g/mol. The van der Waals surface area contributed by atoms with E-state index in [4.69, 9.17) is 4.74 Å². The molecule has 0 N–H and O–H groups in total. The monoisotopic (exact) mass is 385 g/mol. The van der Waals surface area contributed by atoms with Crippen molar-refractivity contribution in [2.75, 3.05) is 0 Å². The van der Waals surface area contributed by atoms with E-state index in [-0.39, 0.29) is 5.69 Å². The lowest BCUT2D eigenvalue weighted by Gasteiger charge is -2.01. The van der Waals surface area contributed by atoms with Gasteiger partial charge in [0.25, 0.3) is 5.69 Å². The number of carbonyl (C=O) groups is 1. The quantitative estimate of drug-likeness (QED) is 0.333. The number of halogens is 1. The van der Waals surface area contributed by atoms with Crippen LogP contribution in [-0.2, 0) is 9.53 Å². The van der Waals surface area contributed by atoms with Crippen LogP contribution in [0.2, 0.25) is 0 Å². The van der Waals surface area contributed by atoms with Gasteiger partial charge >= 0.3 is 5.97 Å². The molecule has 0 fully saturated rings. The van der Waals surface area contributed by atoms with Crippen LogP contribution in [0, 0.1) is 17.0 Å². The number of cyclic esters (lactones) is 1. The van der Waals surface area contributed by atoms with Gasteiger partial charge < -0.3 is 4.74 Å². The fourth-order valence-corrected chi connectivity index (χ4v) is 2.57. The minimum Gasteiger partial charge on any atom is -0.422 e. The summed E-state index contributed by atoms with van der Waals surface area (Å²) in [5, 5.41) is 10.9. The van der Waals surface area contributed by atoms with Crippen molar-refractivity contribution in [3.05, 3.63) is 85.4 Å². The minimum absolute atomic E-state index is 0.0177. The van der Waals surface area contributed by atoms with E-state index in [1.54, 1.807) is 18.2 Å². The third kappa shape index (κ3) is 3.28. The van der Waals surface area contributed by atoms with E-state index >= 15 is 0 Å². The normalized spacial score (nSPS) is 15.3. The van der Waals surface area contributed by atoms with Crippen LogP contribution in [-0.4, -0.2) is 10.9 Å². The van der Waals surface area contributed by atoms with Crippen LogP contribution >= 0.6 is 15.9 Å². The van der Waals surface area contributed by atoms with Crippen molar-refractivity contribution in [1.29, 1.82) is 0 Å². The smallest absolute Gasteiger partial charge is 0.343 e. The SMILES string of the molecule is Cc1ccc([N+](=O)[O-])cc1/C=C1/C=C(c2ccc(Br)cc2)OC1=O. The van der Waals surface area contributed by atoms with E-state index in [0.29, 0.717) is 16.9 Å². The second-order valence-corrected chi connectivity index (χ2v) is 6.22. The topological polar surface area (TPSA) is 69.4 Å². The molecular weight excluding hydrogens is 374 g/mol. The third-order valence-electron chi connectivity index (χ3n) is 3.64. The van der Waals surface area contributed by atoms with Crippen molar-refractivity contribution in [3.8, 4) is 0 Å². The first-order valence-electron chi connectivity index (χ1n) is 7.10. The Hall–Kier alpha value is -2.73. The Kier molecular flexibility index (Phi) is 4.31. The summed E-state index contributed by atoms with van der Waals surface area (Å²) >= 11 is 3.35. The lowest BCUT2D eigenvalue weighted by Crippen LogP contribution is -1.98. The molecule has 24 heavy (non-hydrogen) atoms. The number of nitrogens with zero attached hydrogens (tertiary/aromatic N) is 1. The lowest BCUT2D eigenvalue weighted by atomic mass is 10.0. The Labute approximate surface area is 146 Å². The Balaban J connectivity index is 1.98. The molecule has 1 aliphatic heterocycles. The molecule has 0 radical (unpaired) electrons. The Morgan fingerprint density at radius 3 is 2.54 bits per heavy atom. The zero-order chi connectivity index (χ0) is 17.3. The standard InChI is InChI=1S/C18H12BrNO4/c1-11-2-7-16(20(22)23)9-13(11)8-14-10-17(24-18(14)21)12-3-5-15(19)6-4-12/h2-10H,1H3/b14-8-. The van der Waals surface area contributed by atoms with Gasteiger partial charge in [-0.3, -0.25) is 10.1 Å². The van der Waals surface area contributed by atoms with Gasteiger partial charge in [0.1, 0.15) is 5.76 Å². The first-order valence-corrected chi connectivity index (χ1v) is 7.90. The molecular formula is C18H12BrNO4. The highest BCUT2D eigenvalue weighted by Gasteiger charge is 2.22. The largest absolute Gasteiger partial charge is 0.422 e. The minimum atomic E-state index is -0.473. The number of ether oxygens (including phenoxy) is 1. The molecule has 0 aliphatic carbocycles. The molecule has 0 spiro atoms. The Morgan fingerprint density at radius 2 is 1.88 bits per heavy atom. The van der Waals surface area contributed by atoms with Crippen LogP contribution < -0.4 is 0 Å². The van der Waals surface area contributed by atoms with Gasteiger partial charge in [0.2, 0.25) is 0 Å². The Morgan fingerprint density at radius 1 is 1.17 bits per heavy atom. The zero-order valence-electron chi connectivity index (χ0n) is 12.7.